The van der Waals surface area contributed by atoms with Gasteiger partial charge in [-0.25, -0.2) is 0 Å². The molecule has 0 radical (unpaired) electrons. The highest BCUT2D eigenvalue weighted by Gasteiger charge is 2.36. The Kier molecular flexibility index (Phi) is 19.5. The summed E-state index contributed by atoms with van der Waals surface area (Å²) >= 11 is 0. The lowest BCUT2D eigenvalue weighted by atomic mass is 9.99. The number of carbonyl (C=O) groups is 4. The third-order valence-corrected chi connectivity index (χ3v) is 7.24. The highest BCUT2D eigenvalue weighted by atomic mass is 16.2. The molecule has 0 saturated carbocycles. The van der Waals surface area contributed by atoms with Crippen molar-refractivity contribution in [1.29, 1.82) is 0 Å². The molecule has 4 amide bonds. The first kappa shape index (κ1) is 39.1. The second-order valence-electron chi connectivity index (χ2n) is 12.6. The molecule has 2 saturated heterocycles. The smallest absolute Gasteiger partial charge is 0.249 e. The van der Waals surface area contributed by atoms with E-state index in [2.05, 4.69) is 50.8 Å². The number of hydrogen-bond donors (Lipinski definition) is 1. The van der Waals surface area contributed by atoms with E-state index >= 15 is 0 Å². The van der Waals surface area contributed by atoms with E-state index in [0.717, 1.165) is 18.4 Å². The summed E-state index contributed by atoms with van der Waals surface area (Å²) in [4.78, 5) is 55.5. The average Bonchev–Trinajstić information content (AvgIpc) is 3.43. The third kappa shape index (κ3) is 14.4. The van der Waals surface area contributed by atoms with Crippen LogP contribution in [0.3, 0.4) is 0 Å². The number of nitrogens with zero attached hydrogens (tertiary/aromatic N) is 4. The summed E-state index contributed by atoms with van der Waals surface area (Å²) in [5.74, 6) is 2.70. The molecule has 1 N–H and O–H groups in total. The van der Waals surface area contributed by atoms with Gasteiger partial charge in [-0.1, -0.05) is 53.0 Å². The average molecular weight is 590 g/mol. The molecule has 0 aromatic heterocycles. The van der Waals surface area contributed by atoms with Gasteiger partial charge in [0.1, 0.15) is 6.04 Å². The second-order valence-corrected chi connectivity index (χ2v) is 12.6. The van der Waals surface area contributed by atoms with Crippen LogP contribution >= 0.6 is 0 Å². The van der Waals surface area contributed by atoms with Crippen molar-refractivity contribution >= 4 is 24.1 Å². The predicted molar refractivity (Wildman–Crippen MR) is 171 cm³/mol. The maximum absolute atomic E-state index is 13.0. The molecule has 2 fully saturated rings. The Labute approximate surface area is 256 Å². The largest absolute Gasteiger partial charge is 0.350 e. The van der Waals surface area contributed by atoms with Gasteiger partial charge in [0.2, 0.25) is 24.1 Å². The minimum atomic E-state index is -0.516. The molecule has 2 aliphatic heterocycles. The zero-order chi connectivity index (χ0) is 32.4. The van der Waals surface area contributed by atoms with Crippen LogP contribution in [-0.4, -0.2) is 109 Å². The molecular formula is C33H59N5O4. The molecule has 0 spiro atoms. The second kappa shape index (κ2) is 20.9. The Morgan fingerprint density at radius 3 is 2.00 bits per heavy atom. The Balaban J connectivity index is 0.00000106. The molecule has 2 rings (SSSR count). The van der Waals surface area contributed by atoms with Crippen molar-refractivity contribution in [2.75, 3.05) is 46.8 Å². The molecule has 2 heterocycles. The number of piperidine rings is 1. The van der Waals surface area contributed by atoms with Gasteiger partial charge in [-0.3, -0.25) is 19.2 Å². The quantitative estimate of drug-likeness (QED) is 0.238. The summed E-state index contributed by atoms with van der Waals surface area (Å²) in [6.07, 6.45) is 13.2. The molecule has 2 aliphatic rings. The fourth-order valence-corrected chi connectivity index (χ4v) is 4.90. The number of likely N-dealkylation sites (N-methyl/N-ethyl adjacent to an activating group) is 2. The molecule has 0 bridgehead atoms. The van der Waals surface area contributed by atoms with Gasteiger partial charge in [-0.05, 0) is 71.4 Å². The Hall–Kier alpha value is -2.86. The van der Waals surface area contributed by atoms with Gasteiger partial charge in [0.25, 0.3) is 0 Å². The van der Waals surface area contributed by atoms with Crippen molar-refractivity contribution in [3.05, 3.63) is 11.6 Å². The van der Waals surface area contributed by atoms with E-state index in [0.29, 0.717) is 24.9 Å². The summed E-state index contributed by atoms with van der Waals surface area (Å²) in [5.41, 5.74) is 0.478. The first-order valence-corrected chi connectivity index (χ1v) is 15.5. The summed E-state index contributed by atoms with van der Waals surface area (Å²) in [5, 5.41) is 2.36. The molecule has 0 aliphatic carbocycles. The number of terminal acetylenes is 1. The summed E-state index contributed by atoms with van der Waals surface area (Å²) in [7, 11) is 3.28. The van der Waals surface area contributed by atoms with Crippen molar-refractivity contribution in [3.63, 3.8) is 0 Å². The Morgan fingerprint density at radius 2 is 1.55 bits per heavy atom. The van der Waals surface area contributed by atoms with Crippen molar-refractivity contribution in [2.24, 2.45) is 11.8 Å². The topological polar surface area (TPSA) is 93.3 Å². The van der Waals surface area contributed by atoms with Crippen LogP contribution in [0.1, 0.15) is 87.5 Å². The van der Waals surface area contributed by atoms with Crippen molar-refractivity contribution in [3.8, 4) is 12.3 Å². The van der Waals surface area contributed by atoms with E-state index in [4.69, 9.17) is 6.42 Å². The molecule has 9 nitrogen and oxygen atoms in total. The van der Waals surface area contributed by atoms with Gasteiger partial charge in [0, 0.05) is 32.3 Å². The highest BCUT2D eigenvalue weighted by Crippen LogP contribution is 2.22. The molecule has 0 aromatic carbocycles. The number of carbonyl (C=O) groups excluding carboxylic acids is 4. The van der Waals surface area contributed by atoms with Gasteiger partial charge in [0.05, 0.1) is 19.1 Å². The van der Waals surface area contributed by atoms with E-state index < -0.39 is 6.04 Å². The van der Waals surface area contributed by atoms with Crippen LogP contribution in [0.2, 0.25) is 0 Å². The van der Waals surface area contributed by atoms with Crippen LogP contribution in [0.25, 0.3) is 0 Å². The lowest BCUT2D eigenvalue weighted by Crippen LogP contribution is -2.47. The lowest BCUT2D eigenvalue weighted by molar-refractivity contribution is -0.140. The van der Waals surface area contributed by atoms with Crippen LogP contribution < -0.4 is 5.32 Å². The predicted octanol–water partition coefficient (Wildman–Crippen LogP) is 3.79. The van der Waals surface area contributed by atoms with Crippen molar-refractivity contribution in [2.45, 2.75) is 106 Å². The molecular weight excluding hydrogens is 530 g/mol. The lowest BCUT2D eigenvalue weighted by Gasteiger charge is -2.31. The Morgan fingerprint density at radius 1 is 0.976 bits per heavy atom. The van der Waals surface area contributed by atoms with Crippen molar-refractivity contribution < 1.29 is 19.2 Å². The van der Waals surface area contributed by atoms with Crippen molar-refractivity contribution in [1.82, 2.24) is 24.9 Å². The highest BCUT2D eigenvalue weighted by molar-refractivity contribution is 5.97. The van der Waals surface area contributed by atoms with Gasteiger partial charge in [-0.2, -0.15) is 0 Å². The molecule has 1 unspecified atom stereocenters. The van der Waals surface area contributed by atoms with Crippen LogP contribution in [-0.2, 0) is 19.2 Å². The fraction of sp³-hybridized carbons (Fsp3) is 0.758. The summed E-state index contributed by atoms with van der Waals surface area (Å²) < 4.78 is 0. The number of amides is 4. The molecule has 2 atom stereocenters. The first-order chi connectivity index (χ1) is 19.7. The van der Waals surface area contributed by atoms with Crippen LogP contribution in [0.5, 0.6) is 0 Å². The number of hydrogen-bond acceptors (Lipinski definition) is 5. The first-order valence-electron chi connectivity index (χ1n) is 15.5. The zero-order valence-electron chi connectivity index (χ0n) is 28.1. The summed E-state index contributed by atoms with van der Waals surface area (Å²) in [6.45, 7) is 19.9. The minimum Gasteiger partial charge on any atom is -0.350 e. The van der Waals surface area contributed by atoms with Gasteiger partial charge in [-0.15, -0.1) is 6.42 Å². The zero-order valence-corrected chi connectivity index (χ0v) is 28.1. The van der Waals surface area contributed by atoms with Gasteiger partial charge < -0.3 is 24.9 Å². The van der Waals surface area contributed by atoms with E-state index in [1.807, 2.05) is 13.8 Å². The van der Waals surface area contributed by atoms with Crippen LogP contribution in [0.4, 0.5) is 0 Å². The third-order valence-electron chi connectivity index (χ3n) is 7.24. The maximum atomic E-state index is 13.0. The molecule has 0 aromatic rings. The minimum absolute atomic E-state index is 0.0562. The fourth-order valence-electron chi connectivity index (χ4n) is 4.90. The van der Waals surface area contributed by atoms with E-state index in [9.17, 15) is 19.2 Å². The number of rotatable bonds is 10. The molecule has 240 valence electrons. The van der Waals surface area contributed by atoms with E-state index in [1.54, 1.807) is 32.0 Å². The van der Waals surface area contributed by atoms with Crippen LogP contribution in [0, 0.1) is 24.2 Å². The monoisotopic (exact) mass is 589 g/mol. The maximum Gasteiger partial charge on any atom is 0.249 e. The number of likely N-dealkylation sites (tertiary alicyclic amines) is 2. The van der Waals surface area contributed by atoms with Gasteiger partial charge >= 0.3 is 0 Å². The SMILES string of the molecule is C#CCN(C)C(=O)[C@@H]1CCCN1C(=O)/C(C)=C/C(C(C)C)N(C)C(=O)CNC=O.CC(C)C.CC(C)N1CCCCC1. The van der Waals surface area contributed by atoms with Gasteiger partial charge in [0.15, 0.2) is 0 Å². The normalized spacial score (nSPS) is 17.9. The summed E-state index contributed by atoms with van der Waals surface area (Å²) in [6, 6.07) is -0.0658. The Bertz CT molecular complexity index is 900. The van der Waals surface area contributed by atoms with Crippen LogP contribution in [0.15, 0.2) is 11.6 Å². The van der Waals surface area contributed by atoms with E-state index in [1.165, 1.54) is 42.2 Å². The molecule has 9 heteroatoms. The number of nitrogens with one attached hydrogen (secondary N) is 1. The van der Waals surface area contributed by atoms with E-state index in [-0.39, 0.29) is 42.8 Å². The standard InChI is InChI=1S/C21H32N4O4.C8H17N.C4H10/c1-7-10-23(5)21(29)17-9-8-11-25(17)20(28)16(4)12-18(15(2)3)24(6)19(27)13-22-14-26;1-8(2)9-6-4-3-5-7-9;1-4(2)3/h1,12,14-15,17-18H,8-11,13H2,2-6H3,(H,22,26);8H,3-7H2,1-2H3;4H,1-3H3/b16-12+;;/t17-,18?;;/m0../s1. The molecule has 42 heavy (non-hydrogen) atoms.